The first-order valence-electron chi connectivity index (χ1n) is 6.67. The summed E-state index contributed by atoms with van der Waals surface area (Å²) in [5.41, 5.74) is 1.90. The molecule has 0 radical (unpaired) electrons. The van der Waals surface area contributed by atoms with E-state index < -0.39 is 5.97 Å². The number of methoxy groups -OCH3 is 1. The minimum absolute atomic E-state index is 0.336. The molecule has 2 rings (SSSR count). The third kappa shape index (κ3) is 4.04. The smallest absolute Gasteiger partial charge is 0.335 e. The first-order chi connectivity index (χ1) is 9.15. The second-order valence-corrected chi connectivity index (χ2v) is 5.35. The van der Waals surface area contributed by atoms with E-state index in [2.05, 4.69) is 5.32 Å². The van der Waals surface area contributed by atoms with Gasteiger partial charge in [0.1, 0.15) is 0 Å². The molecule has 0 aromatic heterocycles. The summed E-state index contributed by atoms with van der Waals surface area (Å²) >= 11 is 0. The molecule has 2 N–H and O–H groups in total. The van der Waals surface area contributed by atoms with Crippen LogP contribution in [-0.4, -0.2) is 31.3 Å². The molecule has 104 valence electrons. The molecule has 1 aromatic rings. The molecule has 1 fully saturated rings. The molecule has 0 unspecified atom stereocenters. The Labute approximate surface area is 113 Å². The van der Waals surface area contributed by atoms with Crippen LogP contribution in [0.25, 0.3) is 0 Å². The van der Waals surface area contributed by atoms with Gasteiger partial charge in [-0.15, -0.1) is 0 Å². The summed E-state index contributed by atoms with van der Waals surface area (Å²) in [6.07, 6.45) is 3.68. The van der Waals surface area contributed by atoms with Gasteiger partial charge in [0, 0.05) is 26.8 Å². The van der Waals surface area contributed by atoms with Gasteiger partial charge in [-0.1, -0.05) is 12.1 Å². The summed E-state index contributed by atoms with van der Waals surface area (Å²) in [7, 11) is 1.74. The van der Waals surface area contributed by atoms with E-state index in [-0.39, 0.29) is 0 Å². The van der Waals surface area contributed by atoms with Crippen LogP contribution in [0.3, 0.4) is 0 Å². The van der Waals surface area contributed by atoms with Crippen LogP contribution in [0.5, 0.6) is 0 Å². The second kappa shape index (κ2) is 6.17. The molecule has 0 heterocycles. The number of hydrogen-bond acceptors (Lipinski definition) is 3. The number of aromatic carboxylic acids is 1. The standard InChI is InChI=1S/C15H21NO3/c1-19-9-8-15(6-7-15)11-16-10-12-2-4-13(5-3-12)14(17)18/h2-5,16H,6-11H2,1H3,(H,17,18). The normalized spacial score (nSPS) is 16.3. The van der Waals surface area contributed by atoms with E-state index in [9.17, 15) is 4.79 Å². The number of carboxylic acids is 1. The van der Waals surface area contributed by atoms with E-state index in [1.165, 1.54) is 12.8 Å². The van der Waals surface area contributed by atoms with Crippen molar-refractivity contribution in [1.82, 2.24) is 5.32 Å². The lowest BCUT2D eigenvalue weighted by Crippen LogP contribution is -2.24. The maximum atomic E-state index is 10.7. The SMILES string of the molecule is COCCC1(CNCc2ccc(C(=O)O)cc2)CC1. The lowest BCUT2D eigenvalue weighted by molar-refractivity contribution is 0.0697. The molecular weight excluding hydrogens is 242 g/mol. The van der Waals surface area contributed by atoms with Crippen molar-refractivity contribution < 1.29 is 14.6 Å². The maximum Gasteiger partial charge on any atom is 0.335 e. The van der Waals surface area contributed by atoms with Crippen molar-refractivity contribution in [3.63, 3.8) is 0 Å². The van der Waals surface area contributed by atoms with Gasteiger partial charge in [0.25, 0.3) is 0 Å². The zero-order valence-corrected chi connectivity index (χ0v) is 11.3. The topological polar surface area (TPSA) is 58.6 Å². The molecule has 0 spiro atoms. The first-order valence-corrected chi connectivity index (χ1v) is 6.67. The third-order valence-electron chi connectivity index (χ3n) is 3.82. The fraction of sp³-hybridized carbons (Fsp3) is 0.533. The van der Waals surface area contributed by atoms with Gasteiger partial charge < -0.3 is 15.2 Å². The molecule has 1 aromatic carbocycles. The molecule has 1 aliphatic rings. The average Bonchev–Trinajstić information content (AvgIpc) is 3.17. The summed E-state index contributed by atoms with van der Waals surface area (Å²) in [6, 6.07) is 7.03. The van der Waals surface area contributed by atoms with E-state index in [0.717, 1.165) is 31.7 Å². The molecule has 0 saturated heterocycles. The van der Waals surface area contributed by atoms with Gasteiger partial charge in [-0.05, 0) is 42.4 Å². The van der Waals surface area contributed by atoms with Crippen LogP contribution in [0.4, 0.5) is 0 Å². The fourth-order valence-corrected chi connectivity index (χ4v) is 2.25. The molecule has 0 amide bonds. The number of carbonyl (C=O) groups is 1. The molecule has 4 heteroatoms. The average molecular weight is 263 g/mol. The number of ether oxygens (including phenoxy) is 1. The second-order valence-electron chi connectivity index (χ2n) is 5.35. The highest BCUT2D eigenvalue weighted by atomic mass is 16.5. The highest BCUT2D eigenvalue weighted by Gasteiger charge is 2.41. The predicted octanol–water partition coefficient (Wildman–Crippen LogP) is 2.29. The van der Waals surface area contributed by atoms with E-state index >= 15 is 0 Å². The van der Waals surface area contributed by atoms with E-state index in [4.69, 9.17) is 9.84 Å². The Morgan fingerprint density at radius 1 is 1.37 bits per heavy atom. The largest absolute Gasteiger partial charge is 0.478 e. The summed E-state index contributed by atoms with van der Waals surface area (Å²) in [6.45, 7) is 2.63. The number of rotatable bonds is 8. The lowest BCUT2D eigenvalue weighted by atomic mass is 10.0. The Morgan fingerprint density at radius 2 is 2.05 bits per heavy atom. The molecule has 4 nitrogen and oxygen atoms in total. The molecule has 0 bridgehead atoms. The molecule has 0 aliphatic heterocycles. The van der Waals surface area contributed by atoms with E-state index in [1.807, 2.05) is 12.1 Å². The summed E-state index contributed by atoms with van der Waals surface area (Å²) in [5, 5.41) is 12.3. The minimum atomic E-state index is -0.879. The maximum absolute atomic E-state index is 10.7. The van der Waals surface area contributed by atoms with Gasteiger partial charge in [-0.2, -0.15) is 0 Å². The quantitative estimate of drug-likeness (QED) is 0.755. The van der Waals surface area contributed by atoms with Gasteiger partial charge in [0.15, 0.2) is 0 Å². The minimum Gasteiger partial charge on any atom is -0.478 e. The fourth-order valence-electron chi connectivity index (χ4n) is 2.25. The lowest BCUT2D eigenvalue weighted by Gasteiger charge is -2.15. The van der Waals surface area contributed by atoms with E-state index in [0.29, 0.717) is 11.0 Å². The van der Waals surface area contributed by atoms with Gasteiger partial charge in [0.2, 0.25) is 0 Å². The Hall–Kier alpha value is -1.39. The van der Waals surface area contributed by atoms with Crippen LogP contribution in [0.15, 0.2) is 24.3 Å². The zero-order chi connectivity index (χ0) is 13.7. The highest BCUT2D eigenvalue weighted by molar-refractivity contribution is 5.87. The zero-order valence-electron chi connectivity index (χ0n) is 11.3. The Balaban J connectivity index is 1.75. The number of carboxylic acid groups (broad SMARTS) is 1. The van der Waals surface area contributed by atoms with Crippen molar-refractivity contribution in [2.75, 3.05) is 20.3 Å². The summed E-state index contributed by atoms with van der Waals surface area (Å²) in [4.78, 5) is 10.7. The number of benzene rings is 1. The van der Waals surface area contributed by atoms with Crippen LogP contribution < -0.4 is 5.32 Å². The van der Waals surface area contributed by atoms with E-state index in [1.54, 1.807) is 19.2 Å². The predicted molar refractivity (Wildman–Crippen MR) is 73.3 cm³/mol. The van der Waals surface area contributed by atoms with Gasteiger partial charge in [-0.3, -0.25) is 0 Å². The third-order valence-corrected chi connectivity index (χ3v) is 3.82. The Morgan fingerprint density at radius 3 is 2.58 bits per heavy atom. The highest BCUT2D eigenvalue weighted by Crippen LogP contribution is 2.48. The van der Waals surface area contributed by atoms with Crippen molar-refractivity contribution in [2.24, 2.45) is 5.41 Å². The Bertz CT molecular complexity index is 424. The van der Waals surface area contributed by atoms with Crippen molar-refractivity contribution in [2.45, 2.75) is 25.8 Å². The molecular formula is C15H21NO3. The molecule has 1 aliphatic carbocycles. The molecule has 1 saturated carbocycles. The van der Waals surface area contributed by atoms with Crippen molar-refractivity contribution in [3.05, 3.63) is 35.4 Å². The van der Waals surface area contributed by atoms with Crippen LogP contribution >= 0.6 is 0 Å². The molecule has 19 heavy (non-hydrogen) atoms. The summed E-state index contributed by atoms with van der Waals surface area (Å²) in [5.74, 6) is -0.879. The monoisotopic (exact) mass is 263 g/mol. The van der Waals surface area contributed by atoms with Gasteiger partial charge in [-0.25, -0.2) is 4.79 Å². The first kappa shape index (κ1) is 14.0. The van der Waals surface area contributed by atoms with Crippen LogP contribution in [-0.2, 0) is 11.3 Å². The van der Waals surface area contributed by atoms with Gasteiger partial charge >= 0.3 is 5.97 Å². The summed E-state index contributed by atoms with van der Waals surface area (Å²) < 4.78 is 5.13. The molecule has 0 atom stereocenters. The van der Waals surface area contributed by atoms with Crippen LogP contribution in [0, 0.1) is 5.41 Å². The van der Waals surface area contributed by atoms with Crippen LogP contribution in [0.2, 0.25) is 0 Å². The Kier molecular flexibility index (Phi) is 4.56. The number of nitrogens with one attached hydrogen (secondary N) is 1. The van der Waals surface area contributed by atoms with Crippen molar-refractivity contribution in [1.29, 1.82) is 0 Å². The van der Waals surface area contributed by atoms with Crippen molar-refractivity contribution >= 4 is 5.97 Å². The van der Waals surface area contributed by atoms with Crippen molar-refractivity contribution in [3.8, 4) is 0 Å². The van der Waals surface area contributed by atoms with Crippen LogP contribution in [0.1, 0.15) is 35.2 Å². The number of hydrogen-bond donors (Lipinski definition) is 2. The van der Waals surface area contributed by atoms with Gasteiger partial charge in [0.05, 0.1) is 5.56 Å².